The summed E-state index contributed by atoms with van der Waals surface area (Å²) in [5.41, 5.74) is 1.20. The lowest BCUT2D eigenvalue weighted by molar-refractivity contribution is 0.161. The normalized spacial score (nSPS) is 11.1. The van der Waals surface area contributed by atoms with Crippen LogP contribution in [0.5, 0.6) is 0 Å². The Morgan fingerprint density at radius 1 is 1.37 bits per heavy atom. The van der Waals surface area contributed by atoms with Crippen molar-refractivity contribution in [1.82, 2.24) is 0 Å². The number of primary sulfonamides is 1. The van der Waals surface area contributed by atoms with E-state index in [9.17, 15) is 13.2 Å². The summed E-state index contributed by atoms with van der Waals surface area (Å²) in [5, 5.41) is 7.64. The van der Waals surface area contributed by atoms with E-state index in [0.29, 0.717) is 24.3 Å². The molecule has 0 aliphatic carbocycles. The number of nitrogens with two attached hydrogens (primary N) is 1. The van der Waals surface area contributed by atoms with Crippen LogP contribution in [0.2, 0.25) is 0 Å². The summed E-state index contributed by atoms with van der Waals surface area (Å²) in [6.45, 7) is 4.08. The first-order chi connectivity index (χ1) is 8.88. The second kappa shape index (κ2) is 6.53. The molecule has 0 aromatic heterocycles. The molecule has 0 atom stereocenters. The lowest BCUT2D eigenvalue weighted by Crippen LogP contribution is -2.16. The second-order valence-corrected chi connectivity index (χ2v) is 5.54. The molecule has 1 rings (SSSR count). The number of hydrogen-bond donors (Lipinski definition) is 2. The Morgan fingerprint density at radius 2 is 2.05 bits per heavy atom. The lowest BCUT2D eigenvalue weighted by Gasteiger charge is -2.11. The molecule has 1 amide bonds. The van der Waals surface area contributed by atoms with Gasteiger partial charge < -0.3 is 4.74 Å². The minimum absolute atomic E-state index is 0.0248. The Bertz CT molecular complexity index is 555. The fraction of sp³-hybridized carbons (Fsp3) is 0.417. The van der Waals surface area contributed by atoms with E-state index in [0.717, 1.165) is 6.42 Å². The molecule has 1 aromatic carbocycles. The lowest BCUT2D eigenvalue weighted by atomic mass is 10.1. The number of amides is 1. The van der Waals surface area contributed by atoms with Crippen LogP contribution in [-0.2, 0) is 21.2 Å². The van der Waals surface area contributed by atoms with Gasteiger partial charge in [-0.05, 0) is 36.6 Å². The van der Waals surface area contributed by atoms with Gasteiger partial charge in [0.05, 0.1) is 11.5 Å². The molecule has 0 spiro atoms. The van der Waals surface area contributed by atoms with Gasteiger partial charge in [0.2, 0.25) is 10.0 Å². The van der Waals surface area contributed by atoms with Gasteiger partial charge >= 0.3 is 6.09 Å². The van der Waals surface area contributed by atoms with Crippen LogP contribution in [0.4, 0.5) is 10.5 Å². The SMILES string of the molecule is CCCOC(=O)Nc1ccc(S(N)(=O)=O)cc1CC. The zero-order valence-corrected chi connectivity index (χ0v) is 11.8. The minimum Gasteiger partial charge on any atom is -0.449 e. The molecule has 6 nitrogen and oxygen atoms in total. The number of aryl methyl sites for hydroxylation is 1. The van der Waals surface area contributed by atoms with Crippen LogP contribution in [0, 0.1) is 0 Å². The Labute approximate surface area is 113 Å². The monoisotopic (exact) mass is 286 g/mol. The maximum Gasteiger partial charge on any atom is 0.411 e. The Morgan fingerprint density at radius 3 is 2.58 bits per heavy atom. The minimum atomic E-state index is -3.74. The number of nitrogens with one attached hydrogen (secondary N) is 1. The first-order valence-corrected chi connectivity index (χ1v) is 7.52. The standard InChI is InChI=1S/C12H18N2O4S/c1-3-7-18-12(15)14-11-6-5-10(19(13,16)17)8-9(11)4-2/h5-6,8H,3-4,7H2,1-2H3,(H,14,15)(H2,13,16,17). The molecule has 0 aliphatic rings. The van der Waals surface area contributed by atoms with Crippen molar-refractivity contribution in [2.24, 2.45) is 5.14 Å². The van der Waals surface area contributed by atoms with E-state index in [1.54, 1.807) is 0 Å². The molecule has 7 heteroatoms. The average molecular weight is 286 g/mol. The predicted octanol–water partition coefficient (Wildman–Crippen LogP) is 1.85. The molecule has 0 fully saturated rings. The molecule has 0 aliphatic heterocycles. The topological polar surface area (TPSA) is 98.5 Å². The highest BCUT2D eigenvalue weighted by molar-refractivity contribution is 7.89. The molecule has 0 heterocycles. The molecular weight excluding hydrogens is 268 g/mol. The number of carbonyl (C=O) groups excluding carboxylic acids is 1. The summed E-state index contributed by atoms with van der Waals surface area (Å²) < 4.78 is 27.4. The molecule has 19 heavy (non-hydrogen) atoms. The maximum atomic E-state index is 11.4. The largest absolute Gasteiger partial charge is 0.449 e. The highest BCUT2D eigenvalue weighted by Gasteiger charge is 2.12. The predicted molar refractivity (Wildman–Crippen MR) is 72.5 cm³/mol. The highest BCUT2D eigenvalue weighted by Crippen LogP contribution is 2.20. The van der Waals surface area contributed by atoms with Crippen molar-refractivity contribution in [3.63, 3.8) is 0 Å². The molecule has 0 bridgehead atoms. The number of benzene rings is 1. The summed E-state index contributed by atoms with van der Waals surface area (Å²) in [6, 6.07) is 4.31. The summed E-state index contributed by atoms with van der Waals surface area (Å²) in [4.78, 5) is 11.5. The van der Waals surface area contributed by atoms with Gasteiger partial charge in [-0.25, -0.2) is 18.4 Å². The number of rotatable bonds is 5. The average Bonchev–Trinajstić information content (AvgIpc) is 2.35. The number of ether oxygens (including phenoxy) is 1. The summed E-state index contributed by atoms with van der Waals surface area (Å²) in [5.74, 6) is 0. The molecule has 0 unspecified atom stereocenters. The Hall–Kier alpha value is -1.60. The number of anilines is 1. The van der Waals surface area contributed by atoms with Gasteiger partial charge in [-0.1, -0.05) is 13.8 Å². The van der Waals surface area contributed by atoms with Crippen LogP contribution in [0.1, 0.15) is 25.8 Å². The molecule has 0 radical (unpaired) electrons. The van der Waals surface area contributed by atoms with Crippen molar-refractivity contribution in [2.45, 2.75) is 31.6 Å². The van der Waals surface area contributed by atoms with Crippen LogP contribution in [0.15, 0.2) is 23.1 Å². The van der Waals surface area contributed by atoms with Crippen LogP contribution in [0.3, 0.4) is 0 Å². The van der Waals surface area contributed by atoms with Crippen LogP contribution >= 0.6 is 0 Å². The third-order valence-electron chi connectivity index (χ3n) is 2.46. The van der Waals surface area contributed by atoms with E-state index >= 15 is 0 Å². The third-order valence-corrected chi connectivity index (χ3v) is 3.37. The maximum absolute atomic E-state index is 11.4. The molecule has 3 N–H and O–H groups in total. The van der Waals surface area contributed by atoms with Gasteiger partial charge in [-0.15, -0.1) is 0 Å². The van der Waals surface area contributed by atoms with Crippen molar-refractivity contribution >= 4 is 21.8 Å². The summed E-state index contributed by atoms with van der Waals surface area (Å²) in [6.07, 6.45) is 0.741. The van der Waals surface area contributed by atoms with E-state index in [4.69, 9.17) is 9.88 Å². The van der Waals surface area contributed by atoms with E-state index < -0.39 is 16.1 Å². The van der Waals surface area contributed by atoms with E-state index in [-0.39, 0.29) is 4.90 Å². The summed E-state index contributed by atoms with van der Waals surface area (Å²) in [7, 11) is -3.74. The second-order valence-electron chi connectivity index (χ2n) is 3.98. The van der Waals surface area contributed by atoms with Gasteiger partial charge in [0.25, 0.3) is 0 Å². The van der Waals surface area contributed by atoms with Crippen LogP contribution < -0.4 is 10.5 Å². The first kappa shape index (κ1) is 15.5. The van der Waals surface area contributed by atoms with E-state index in [2.05, 4.69) is 5.32 Å². The first-order valence-electron chi connectivity index (χ1n) is 5.98. The fourth-order valence-electron chi connectivity index (χ4n) is 1.50. The van der Waals surface area contributed by atoms with Crippen molar-refractivity contribution < 1.29 is 17.9 Å². The highest BCUT2D eigenvalue weighted by atomic mass is 32.2. The van der Waals surface area contributed by atoms with E-state index in [1.165, 1.54) is 18.2 Å². The zero-order chi connectivity index (χ0) is 14.5. The van der Waals surface area contributed by atoms with Crippen molar-refractivity contribution in [2.75, 3.05) is 11.9 Å². The van der Waals surface area contributed by atoms with Gasteiger partial charge in [0.1, 0.15) is 0 Å². The van der Waals surface area contributed by atoms with Crippen molar-refractivity contribution in [3.8, 4) is 0 Å². The number of sulfonamides is 1. The Balaban J connectivity index is 2.94. The van der Waals surface area contributed by atoms with Crippen LogP contribution in [-0.4, -0.2) is 21.1 Å². The van der Waals surface area contributed by atoms with Gasteiger partial charge in [-0.2, -0.15) is 0 Å². The fourth-order valence-corrected chi connectivity index (χ4v) is 2.07. The van der Waals surface area contributed by atoms with Crippen molar-refractivity contribution in [1.29, 1.82) is 0 Å². The van der Waals surface area contributed by atoms with Gasteiger partial charge in [-0.3, -0.25) is 5.32 Å². The Kier molecular flexibility index (Phi) is 5.31. The smallest absolute Gasteiger partial charge is 0.411 e. The van der Waals surface area contributed by atoms with Gasteiger partial charge in [0.15, 0.2) is 0 Å². The molecule has 0 saturated heterocycles. The zero-order valence-electron chi connectivity index (χ0n) is 11.0. The van der Waals surface area contributed by atoms with Crippen LogP contribution in [0.25, 0.3) is 0 Å². The molecule has 1 aromatic rings. The van der Waals surface area contributed by atoms with Crippen molar-refractivity contribution in [3.05, 3.63) is 23.8 Å². The summed E-state index contributed by atoms with van der Waals surface area (Å²) >= 11 is 0. The quantitative estimate of drug-likeness (QED) is 0.863. The molecule has 0 saturated carbocycles. The van der Waals surface area contributed by atoms with E-state index in [1.807, 2.05) is 13.8 Å². The molecular formula is C12H18N2O4S. The molecule has 106 valence electrons. The van der Waals surface area contributed by atoms with Gasteiger partial charge in [0, 0.05) is 5.69 Å². The number of hydrogen-bond acceptors (Lipinski definition) is 4. The number of carbonyl (C=O) groups is 1. The third kappa shape index (κ3) is 4.53.